The molecule has 1 nitrogen and oxygen atoms in total. The average Bonchev–Trinajstić information content (AvgIpc) is 2.79. The highest BCUT2D eigenvalue weighted by atomic mass is 32.1. The summed E-state index contributed by atoms with van der Waals surface area (Å²) in [6.45, 7) is 0. The summed E-state index contributed by atoms with van der Waals surface area (Å²) in [4.78, 5) is 0. The van der Waals surface area contributed by atoms with Gasteiger partial charge in [-0.25, -0.2) is 0 Å². The van der Waals surface area contributed by atoms with Crippen molar-refractivity contribution in [2.75, 3.05) is 0 Å². The summed E-state index contributed by atoms with van der Waals surface area (Å²) in [5.41, 5.74) is 1.62. The van der Waals surface area contributed by atoms with Gasteiger partial charge in [0.25, 0.3) is 0 Å². The smallest absolute Gasteiger partial charge is 0.0637 e. The van der Waals surface area contributed by atoms with Crippen LogP contribution >= 0.6 is 11.3 Å². The van der Waals surface area contributed by atoms with Gasteiger partial charge in [-0.3, -0.25) is 0 Å². The highest BCUT2D eigenvalue weighted by Crippen LogP contribution is 2.61. The lowest BCUT2D eigenvalue weighted by Gasteiger charge is -2.58. The van der Waals surface area contributed by atoms with Crippen LogP contribution in [0.2, 0.25) is 0 Å². The van der Waals surface area contributed by atoms with E-state index in [4.69, 9.17) is 0 Å². The van der Waals surface area contributed by atoms with Crippen LogP contribution in [0.15, 0.2) is 16.8 Å². The van der Waals surface area contributed by atoms with Gasteiger partial charge in [-0.1, -0.05) is 0 Å². The molecule has 4 aliphatic carbocycles. The quantitative estimate of drug-likeness (QED) is 0.877. The Morgan fingerprint density at radius 1 is 1.17 bits per heavy atom. The molecule has 0 aliphatic heterocycles. The molecule has 1 N–H and O–H groups in total. The fraction of sp³-hybridized carbons (Fsp3) is 0.750. The molecule has 1 aromatic rings. The summed E-state index contributed by atoms with van der Waals surface area (Å²) in [5, 5.41) is 15.1. The normalized spacial score (nSPS) is 43.3. The highest BCUT2D eigenvalue weighted by Gasteiger charge is 2.53. The van der Waals surface area contributed by atoms with Crippen LogP contribution in [-0.2, 0) is 6.42 Å². The van der Waals surface area contributed by atoms with Crippen molar-refractivity contribution in [1.29, 1.82) is 0 Å². The Morgan fingerprint density at radius 2 is 1.78 bits per heavy atom. The van der Waals surface area contributed by atoms with Crippen molar-refractivity contribution >= 4 is 11.3 Å². The van der Waals surface area contributed by atoms with Crippen LogP contribution in [0.1, 0.15) is 44.1 Å². The number of rotatable bonds is 3. The summed E-state index contributed by atoms with van der Waals surface area (Å²) >= 11 is 1.75. The Labute approximate surface area is 113 Å². The Balaban J connectivity index is 1.56. The van der Waals surface area contributed by atoms with Crippen molar-refractivity contribution < 1.29 is 5.11 Å². The van der Waals surface area contributed by atoms with E-state index in [0.717, 1.165) is 24.2 Å². The van der Waals surface area contributed by atoms with Crippen molar-refractivity contribution in [2.24, 2.45) is 23.2 Å². The predicted octanol–water partition coefficient (Wildman–Crippen LogP) is 3.87. The van der Waals surface area contributed by atoms with Crippen LogP contribution in [0.4, 0.5) is 0 Å². The lowest BCUT2D eigenvalue weighted by Crippen LogP contribution is -2.52. The Kier molecular flexibility index (Phi) is 2.60. The molecule has 0 spiro atoms. The van der Waals surface area contributed by atoms with Crippen LogP contribution in [-0.4, -0.2) is 11.2 Å². The third-order valence-corrected chi connectivity index (χ3v) is 6.53. The molecule has 1 unspecified atom stereocenters. The fourth-order valence-electron chi connectivity index (χ4n) is 5.43. The van der Waals surface area contributed by atoms with Crippen molar-refractivity contribution in [2.45, 2.75) is 51.0 Å². The highest BCUT2D eigenvalue weighted by molar-refractivity contribution is 7.07. The van der Waals surface area contributed by atoms with E-state index in [9.17, 15) is 5.11 Å². The minimum absolute atomic E-state index is 0.0968. The van der Waals surface area contributed by atoms with Gasteiger partial charge in [0.15, 0.2) is 0 Å². The number of thiophene rings is 1. The minimum Gasteiger partial charge on any atom is -0.392 e. The van der Waals surface area contributed by atoms with E-state index in [1.165, 1.54) is 44.1 Å². The Morgan fingerprint density at radius 3 is 2.28 bits per heavy atom. The zero-order valence-electron chi connectivity index (χ0n) is 10.8. The van der Waals surface area contributed by atoms with E-state index in [0.29, 0.717) is 0 Å². The zero-order valence-corrected chi connectivity index (χ0v) is 11.7. The van der Waals surface area contributed by atoms with E-state index < -0.39 is 0 Å². The topological polar surface area (TPSA) is 20.2 Å². The molecule has 2 heteroatoms. The van der Waals surface area contributed by atoms with Crippen molar-refractivity contribution in [3.8, 4) is 0 Å². The molecule has 1 aromatic heterocycles. The average molecular weight is 262 g/mol. The summed E-state index contributed by atoms with van der Waals surface area (Å²) in [7, 11) is 0. The minimum atomic E-state index is -0.0968. The maximum Gasteiger partial charge on any atom is 0.0637 e. The van der Waals surface area contributed by atoms with Gasteiger partial charge in [0.05, 0.1) is 6.10 Å². The molecule has 98 valence electrons. The molecular weight excluding hydrogens is 240 g/mol. The standard InChI is InChI=1S/C16H22OS/c17-15(6-11-1-2-18-10-11)16-7-12-3-13(8-16)5-14(4-12)9-16/h1-2,10,12-15,17H,3-9H2. The molecule has 1 atom stereocenters. The van der Waals surface area contributed by atoms with Gasteiger partial charge in [0.1, 0.15) is 0 Å². The predicted molar refractivity (Wildman–Crippen MR) is 74.6 cm³/mol. The number of hydrogen-bond donors (Lipinski definition) is 1. The van der Waals surface area contributed by atoms with Crippen LogP contribution in [0.5, 0.6) is 0 Å². The van der Waals surface area contributed by atoms with E-state index in [1.807, 2.05) is 0 Å². The molecule has 0 saturated heterocycles. The van der Waals surface area contributed by atoms with Gasteiger partial charge in [-0.15, -0.1) is 0 Å². The van der Waals surface area contributed by atoms with E-state index in [2.05, 4.69) is 16.8 Å². The number of aliphatic hydroxyl groups is 1. The van der Waals surface area contributed by atoms with Gasteiger partial charge in [-0.2, -0.15) is 11.3 Å². The molecule has 0 aromatic carbocycles. The van der Waals surface area contributed by atoms with Crippen molar-refractivity contribution in [1.82, 2.24) is 0 Å². The summed E-state index contributed by atoms with van der Waals surface area (Å²) in [5.74, 6) is 2.81. The van der Waals surface area contributed by atoms with Gasteiger partial charge >= 0.3 is 0 Å². The first-order chi connectivity index (χ1) is 8.73. The second-order valence-electron chi connectivity index (χ2n) is 7.13. The van der Waals surface area contributed by atoms with E-state index in [-0.39, 0.29) is 11.5 Å². The van der Waals surface area contributed by atoms with Crippen LogP contribution in [0.3, 0.4) is 0 Å². The van der Waals surface area contributed by atoms with Gasteiger partial charge < -0.3 is 5.11 Å². The Bertz CT molecular complexity index is 387. The van der Waals surface area contributed by atoms with Crippen LogP contribution in [0.25, 0.3) is 0 Å². The third-order valence-electron chi connectivity index (χ3n) is 5.80. The monoisotopic (exact) mass is 262 g/mol. The molecule has 0 amide bonds. The van der Waals surface area contributed by atoms with E-state index in [1.54, 1.807) is 11.3 Å². The molecule has 0 radical (unpaired) electrons. The van der Waals surface area contributed by atoms with Crippen LogP contribution < -0.4 is 0 Å². The van der Waals surface area contributed by atoms with Crippen molar-refractivity contribution in [3.63, 3.8) is 0 Å². The molecule has 4 aliphatic rings. The first-order valence-corrected chi connectivity index (χ1v) is 8.37. The molecule has 4 saturated carbocycles. The Hall–Kier alpha value is -0.340. The van der Waals surface area contributed by atoms with Gasteiger partial charge in [0.2, 0.25) is 0 Å². The molecule has 18 heavy (non-hydrogen) atoms. The lowest BCUT2D eigenvalue weighted by atomic mass is 9.48. The fourth-order valence-corrected chi connectivity index (χ4v) is 6.12. The maximum absolute atomic E-state index is 10.8. The van der Waals surface area contributed by atoms with Crippen molar-refractivity contribution in [3.05, 3.63) is 22.4 Å². The first-order valence-electron chi connectivity index (χ1n) is 7.43. The summed E-state index contributed by atoms with van der Waals surface area (Å²) in [6.07, 6.45) is 9.11. The molecule has 4 fully saturated rings. The van der Waals surface area contributed by atoms with Gasteiger partial charge in [-0.05, 0) is 90.5 Å². The van der Waals surface area contributed by atoms with Crippen LogP contribution in [0, 0.1) is 23.2 Å². The second-order valence-corrected chi connectivity index (χ2v) is 7.91. The summed E-state index contributed by atoms with van der Waals surface area (Å²) < 4.78 is 0. The molecular formula is C16H22OS. The number of hydrogen-bond acceptors (Lipinski definition) is 2. The van der Waals surface area contributed by atoms with E-state index >= 15 is 0 Å². The maximum atomic E-state index is 10.8. The molecule has 1 heterocycles. The SMILES string of the molecule is OC(Cc1ccsc1)C12CC3CC(CC(C3)C1)C2. The zero-order chi connectivity index (χ0) is 12.2. The third kappa shape index (κ3) is 1.77. The second kappa shape index (κ2) is 4.08. The van der Waals surface area contributed by atoms with Gasteiger partial charge in [0, 0.05) is 0 Å². The summed E-state index contributed by atoms with van der Waals surface area (Å²) in [6, 6.07) is 2.17. The number of aliphatic hydroxyl groups excluding tert-OH is 1. The largest absolute Gasteiger partial charge is 0.392 e. The molecule has 5 rings (SSSR count). The first kappa shape index (κ1) is 11.5. The lowest BCUT2D eigenvalue weighted by molar-refractivity contribution is -0.119. The molecule has 4 bridgehead atoms.